The molecule has 0 aromatic carbocycles. The molecule has 108 valence electrons. The zero-order chi connectivity index (χ0) is 14.1. The maximum Gasteiger partial charge on any atom is 0.325 e. The van der Waals surface area contributed by atoms with Crippen LogP contribution in [0.3, 0.4) is 0 Å². The van der Waals surface area contributed by atoms with E-state index < -0.39 is 5.54 Å². The molecule has 6 heteroatoms. The number of methoxy groups -OCH3 is 1. The van der Waals surface area contributed by atoms with Gasteiger partial charge in [-0.05, 0) is 46.2 Å². The van der Waals surface area contributed by atoms with E-state index in [4.69, 9.17) is 4.74 Å². The number of nitrogens with one attached hydrogen (secondary N) is 2. The van der Waals surface area contributed by atoms with Crippen LogP contribution in [-0.4, -0.2) is 54.7 Å². The monoisotopic (exact) mass is 269 g/mol. The van der Waals surface area contributed by atoms with Crippen LogP contribution in [-0.2, 0) is 9.53 Å². The van der Waals surface area contributed by atoms with Gasteiger partial charge in [0.1, 0.15) is 5.54 Å². The van der Waals surface area contributed by atoms with Crippen LogP contribution in [0.1, 0.15) is 33.1 Å². The van der Waals surface area contributed by atoms with Gasteiger partial charge in [0.2, 0.25) is 0 Å². The molecular weight excluding hydrogens is 246 g/mol. The van der Waals surface area contributed by atoms with Crippen molar-refractivity contribution in [3.05, 3.63) is 0 Å². The fraction of sp³-hybridized carbons (Fsp3) is 0.846. The summed E-state index contributed by atoms with van der Waals surface area (Å²) < 4.78 is 5.33. The van der Waals surface area contributed by atoms with E-state index in [1.54, 1.807) is 7.11 Å². The number of hydrogen-bond donors (Lipinski definition) is 2. The van der Waals surface area contributed by atoms with Crippen LogP contribution in [0, 0.1) is 0 Å². The standard InChI is InChI=1S/C13H23N3O3/c1-12(2,19-3)6-9-16-10(17)13(15-11(16)18)4-7-14-8-5-13/h14H,4-9H2,1-3H3,(H,15,18). The molecule has 19 heavy (non-hydrogen) atoms. The maximum atomic E-state index is 12.5. The molecule has 2 N–H and O–H groups in total. The normalized spacial score (nSPS) is 23.0. The molecule has 0 unspecified atom stereocenters. The molecule has 0 radical (unpaired) electrons. The fourth-order valence-electron chi connectivity index (χ4n) is 2.55. The second-order valence-corrected chi connectivity index (χ2v) is 5.93. The molecule has 0 atom stereocenters. The van der Waals surface area contributed by atoms with E-state index in [1.807, 2.05) is 13.8 Å². The van der Waals surface area contributed by atoms with Crippen LogP contribution in [0.5, 0.6) is 0 Å². The van der Waals surface area contributed by atoms with E-state index >= 15 is 0 Å². The zero-order valence-corrected chi connectivity index (χ0v) is 11.9. The van der Waals surface area contributed by atoms with E-state index in [0.29, 0.717) is 25.8 Å². The van der Waals surface area contributed by atoms with Gasteiger partial charge in [0.25, 0.3) is 5.91 Å². The van der Waals surface area contributed by atoms with Crippen molar-refractivity contribution < 1.29 is 14.3 Å². The Kier molecular flexibility index (Phi) is 3.82. The summed E-state index contributed by atoms with van der Waals surface area (Å²) in [6.07, 6.45) is 1.97. The molecule has 1 spiro atoms. The summed E-state index contributed by atoms with van der Waals surface area (Å²) in [5.74, 6) is -0.0779. The van der Waals surface area contributed by atoms with Crippen LogP contribution in [0.4, 0.5) is 4.79 Å². The molecule has 2 aliphatic heterocycles. The third-order valence-corrected chi connectivity index (χ3v) is 4.19. The number of imide groups is 1. The lowest BCUT2D eigenvalue weighted by atomic mass is 9.88. The minimum atomic E-state index is -0.667. The average molecular weight is 269 g/mol. The maximum absolute atomic E-state index is 12.5. The summed E-state index contributed by atoms with van der Waals surface area (Å²) >= 11 is 0. The van der Waals surface area contributed by atoms with Crippen molar-refractivity contribution >= 4 is 11.9 Å². The van der Waals surface area contributed by atoms with Crippen LogP contribution in [0.2, 0.25) is 0 Å². The van der Waals surface area contributed by atoms with Crippen molar-refractivity contribution in [3.63, 3.8) is 0 Å². The third-order valence-electron chi connectivity index (χ3n) is 4.19. The Labute approximate surface area is 113 Å². The number of urea groups is 1. The van der Waals surface area contributed by atoms with Crippen LogP contribution in [0.15, 0.2) is 0 Å². The van der Waals surface area contributed by atoms with Crippen LogP contribution in [0.25, 0.3) is 0 Å². The van der Waals surface area contributed by atoms with Crippen molar-refractivity contribution in [2.45, 2.75) is 44.2 Å². The highest BCUT2D eigenvalue weighted by atomic mass is 16.5. The first-order valence-electron chi connectivity index (χ1n) is 6.80. The van der Waals surface area contributed by atoms with Gasteiger partial charge in [0.05, 0.1) is 5.60 Å². The summed E-state index contributed by atoms with van der Waals surface area (Å²) in [4.78, 5) is 25.8. The highest BCUT2D eigenvalue weighted by Crippen LogP contribution is 2.27. The molecule has 2 rings (SSSR count). The molecule has 2 aliphatic rings. The summed E-state index contributed by atoms with van der Waals surface area (Å²) in [5, 5.41) is 6.09. The Bertz CT molecular complexity index is 375. The number of hydrogen-bond acceptors (Lipinski definition) is 4. The van der Waals surface area contributed by atoms with Gasteiger partial charge in [0.15, 0.2) is 0 Å². The average Bonchev–Trinajstić information content (AvgIpc) is 2.60. The zero-order valence-electron chi connectivity index (χ0n) is 11.9. The molecule has 2 saturated heterocycles. The van der Waals surface area contributed by atoms with Crippen molar-refractivity contribution in [2.24, 2.45) is 0 Å². The first-order chi connectivity index (χ1) is 8.90. The van der Waals surface area contributed by atoms with E-state index in [-0.39, 0.29) is 17.5 Å². The second-order valence-electron chi connectivity index (χ2n) is 5.93. The SMILES string of the molecule is COC(C)(C)CCN1C(=O)NC2(CCNCC2)C1=O. The molecule has 0 aromatic heterocycles. The number of rotatable bonds is 4. The van der Waals surface area contributed by atoms with Crippen molar-refractivity contribution in [1.29, 1.82) is 0 Å². The minimum absolute atomic E-state index is 0.0779. The molecule has 0 aromatic rings. The van der Waals surface area contributed by atoms with Gasteiger partial charge in [-0.3, -0.25) is 9.69 Å². The van der Waals surface area contributed by atoms with Crippen molar-refractivity contribution in [2.75, 3.05) is 26.7 Å². The van der Waals surface area contributed by atoms with E-state index in [1.165, 1.54) is 4.90 Å². The quantitative estimate of drug-likeness (QED) is 0.728. The Hall–Kier alpha value is -1.14. The number of ether oxygens (including phenoxy) is 1. The number of piperidine rings is 1. The highest BCUT2D eigenvalue weighted by molar-refractivity contribution is 6.07. The summed E-state index contributed by atoms with van der Waals surface area (Å²) in [6, 6.07) is -0.265. The summed E-state index contributed by atoms with van der Waals surface area (Å²) in [6.45, 7) is 5.84. The molecule has 3 amide bonds. The second kappa shape index (κ2) is 5.09. The first-order valence-corrected chi connectivity index (χ1v) is 6.80. The molecule has 0 bridgehead atoms. The minimum Gasteiger partial charge on any atom is -0.379 e. The fourth-order valence-corrected chi connectivity index (χ4v) is 2.55. The molecular formula is C13H23N3O3. The Morgan fingerprint density at radius 2 is 1.95 bits per heavy atom. The lowest BCUT2D eigenvalue weighted by Gasteiger charge is -2.31. The van der Waals surface area contributed by atoms with Gasteiger partial charge in [0, 0.05) is 13.7 Å². The van der Waals surface area contributed by atoms with Gasteiger partial charge in [-0.25, -0.2) is 4.79 Å². The predicted octanol–water partition coefficient (Wildman–Crippen LogP) is 0.476. The summed E-state index contributed by atoms with van der Waals surface area (Å²) in [5.41, 5.74) is -0.996. The lowest BCUT2D eigenvalue weighted by molar-refractivity contribution is -0.132. The molecule has 0 saturated carbocycles. The van der Waals surface area contributed by atoms with Gasteiger partial charge in [-0.15, -0.1) is 0 Å². The smallest absolute Gasteiger partial charge is 0.325 e. The largest absolute Gasteiger partial charge is 0.379 e. The van der Waals surface area contributed by atoms with E-state index in [2.05, 4.69) is 10.6 Å². The highest BCUT2D eigenvalue weighted by Gasteiger charge is 2.51. The Balaban J connectivity index is 2.02. The Morgan fingerprint density at radius 1 is 1.32 bits per heavy atom. The van der Waals surface area contributed by atoms with Crippen LogP contribution >= 0.6 is 0 Å². The van der Waals surface area contributed by atoms with Gasteiger partial charge in [-0.2, -0.15) is 0 Å². The number of carbonyl (C=O) groups excluding carboxylic acids is 2. The predicted molar refractivity (Wildman–Crippen MR) is 70.8 cm³/mol. The van der Waals surface area contributed by atoms with Crippen molar-refractivity contribution in [1.82, 2.24) is 15.5 Å². The van der Waals surface area contributed by atoms with Gasteiger partial charge >= 0.3 is 6.03 Å². The molecule has 6 nitrogen and oxygen atoms in total. The first kappa shape index (κ1) is 14.3. The van der Waals surface area contributed by atoms with E-state index in [9.17, 15) is 9.59 Å². The molecule has 0 aliphatic carbocycles. The number of nitrogens with zero attached hydrogens (tertiary/aromatic N) is 1. The lowest BCUT2D eigenvalue weighted by Crippen LogP contribution is -2.54. The summed E-state index contributed by atoms with van der Waals surface area (Å²) in [7, 11) is 1.64. The van der Waals surface area contributed by atoms with E-state index in [0.717, 1.165) is 13.1 Å². The molecule has 2 heterocycles. The third kappa shape index (κ3) is 2.74. The number of carbonyl (C=O) groups is 2. The Morgan fingerprint density at radius 3 is 2.53 bits per heavy atom. The van der Waals surface area contributed by atoms with Crippen molar-refractivity contribution in [3.8, 4) is 0 Å². The topological polar surface area (TPSA) is 70.7 Å². The van der Waals surface area contributed by atoms with Gasteiger partial charge in [-0.1, -0.05) is 0 Å². The number of amides is 3. The molecule has 2 fully saturated rings. The van der Waals surface area contributed by atoms with Gasteiger partial charge < -0.3 is 15.4 Å². The van der Waals surface area contributed by atoms with Crippen LogP contribution < -0.4 is 10.6 Å².